The number of thiophene rings is 1. The highest BCUT2D eigenvalue weighted by atomic mass is 32.1. The number of nitrogens with zero attached hydrogens (tertiary/aromatic N) is 3. The van der Waals surface area contributed by atoms with Crippen molar-refractivity contribution in [3.8, 4) is 0 Å². The lowest BCUT2D eigenvalue weighted by Crippen LogP contribution is -2.39. The maximum absolute atomic E-state index is 12.6. The predicted octanol–water partition coefficient (Wildman–Crippen LogP) is 4.54. The summed E-state index contributed by atoms with van der Waals surface area (Å²) in [7, 11) is 0. The number of piperidine rings is 1. The molecule has 0 aliphatic carbocycles. The van der Waals surface area contributed by atoms with E-state index < -0.39 is 0 Å². The van der Waals surface area contributed by atoms with Gasteiger partial charge in [-0.15, -0.1) is 11.3 Å². The van der Waals surface area contributed by atoms with E-state index >= 15 is 0 Å². The van der Waals surface area contributed by atoms with Crippen LogP contribution < -0.4 is 5.32 Å². The van der Waals surface area contributed by atoms with Crippen LogP contribution in [-0.4, -0.2) is 40.4 Å². The topological polar surface area (TPSA) is 58.1 Å². The normalized spacial score (nSPS) is 15.0. The molecule has 1 aromatic carbocycles. The average Bonchev–Trinajstić information content (AvgIpc) is 3.19. The SMILES string of the molecule is CCc1cc2c(NCCC(=O)N3CCC(Cc4ccccc4)CC3)ncnc2s1. The summed E-state index contributed by atoms with van der Waals surface area (Å²) < 4.78 is 0. The lowest BCUT2D eigenvalue weighted by molar-refractivity contribution is -0.132. The van der Waals surface area contributed by atoms with E-state index in [0.717, 1.165) is 54.8 Å². The van der Waals surface area contributed by atoms with E-state index in [1.807, 2.05) is 4.90 Å². The zero-order valence-electron chi connectivity index (χ0n) is 16.9. The van der Waals surface area contributed by atoms with Crippen LogP contribution in [0.4, 0.5) is 5.82 Å². The number of benzene rings is 1. The van der Waals surface area contributed by atoms with Gasteiger partial charge >= 0.3 is 0 Å². The van der Waals surface area contributed by atoms with Crippen molar-refractivity contribution in [1.29, 1.82) is 0 Å². The Morgan fingerprint density at radius 3 is 2.76 bits per heavy atom. The van der Waals surface area contributed by atoms with Gasteiger partial charge in [0.25, 0.3) is 0 Å². The first-order valence-corrected chi connectivity index (χ1v) is 11.3. The van der Waals surface area contributed by atoms with E-state index in [4.69, 9.17) is 0 Å². The summed E-state index contributed by atoms with van der Waals surface area (Å²) in [5, 5.41) is 4.40. The van der Waals surface area contributed by atoms with Gasteiger partial charge in [-0.05, 0) is 43.2 Å². The maximum Gasteiger partial charge on any atom is 0.224 e. The van der Waals surface area contributed by atoms with Crippen molar-refractivity contribution >= 4 is 33.3 Å². The smallest absolute Gasteiger partial charge is 0.224 e. The van der Waals surface area contributed by atoms with Crippen molar-refractivity contribution in [1.82, 2.24) is 14.9 Å². The number of anilines is 1. The number of nitrogens with one attached hydrogen (secondary N) is 1. The molecule has 1 saturated heterocycles. The molecular weight excluding hydrogens is 380 g/mol. The molecule has 0 unspecified atom stereocenters. The van der Waals surface area contributed by atoms with Crippen molar-refractivity contribution in [3.05, 3.63) is 53.2 Å². The summed E-state index contributed by atoms with van der Waals surface area (Å²) in [6.07, 6.45) is 6.40. The molecule has 3 aromatic rings. The molecule has 1 fully saturated rings. The average molecular weight is 409 g/mol. The number of fused-ring (bicyclic) bond motifs is 1. The van der Waals surface area contributed by atoms with Gasteiger partial charge in [-0.2, -0.15) is 0 Å². The summed E-state index contributed by atoms with van der Waals surface area (Å²) in [5.74, 6) is 1.75. The molecular formula is C23H28N4OS. The minimum absolute atomic E-state index is 0.237. The van der Waals surface area contributed by atoms with Crippen molar-refractivity contribution < 1.29 is 4.79 Å². The third-order valence-electron chi connectivity index (χ3n) is 5.69. The highest BCUT2D eigenvalue weighted by Gasteiger charge is 2.22. The van der Waals surface area contributed by atoms with Gasteiger partial charge < -0.3 is 10.2 Å². The predicted molar refractivity (Wildman–Crippen MR) is 119 cm³/mol. The van der Waals surface area contributed by atoms with Gasteiger partial charge in [-0.25, -0.2) is 9.97 Å². The van der Waals surface area contributed by atoms with Crippen molar-refractivity contribution in [2.24, 2.45) is 5.92 Å². The minimum Gasteiger partial charge on any atom is -0.369 e. The van der Waals surface area contributed by atoms with Gasteiger partial charge in [0.05, 0.1) is 5.39 Å². The molecule has 4 rings (SSSR count). The van der Waals surface area contributed by atoms with E-state index in [2.05, 4.69) is 58.6 Å². The molecule has 5 nitrogen and oxygen atoms in total. The zero-order chi connectivity index (χ0) is 20.1. The van der Waals surface area contributed by atoms with Gasteiger partial charge in [0.2, 0.25) is 5.91 Å². The fourth-order valence-corrected chi connectivity index (χ4v) is 4.94. The second-order valence-electron chi connectivity index (χ2n) is 7.70. The van der Waals surface area contributed by atoms with Crippen LogP contribution in [0, 0.1) is 5.92 Å². The van der Waals surface area contributed by atoms with Crippen LogP contribution in [0.1, 0.15) is 36.6 Å². The largest absolute Gasteiger partial charge is 0.369 e. The second-order valence-corrected chi connectivity index (χ2v) is 8.81. The lowest BCUT2D eigenvalue weighted by atomic mass is 9.90. The van der Waals surface area contributed by atoms with E-state index in [9.17, 15) is 4.79 Å². The van der Waals surface area contributed by atoms with Gasteiger partial charge in [0.15, 0.2) is 0 Å². The van der Waals surface area contributed by atoms with Gasteiger partial charge in [-0.3, -0.25) is 4.79 Å². The maximum atomic E-state index is 12.6. The van der Waals surface area contributed by atoms with E-state index in [-0.39, 0.29) is 5.91 Å². The first-order chi connectivity index (χ1) is 14.2. The number of likely N-dealkylation sites (tertiary alicyclic amines) is 1. The zero-order valence-corrected chi connectivity index (χ0v) is 17.8. The Labute approximate surface area is 176 Å². The van der Waals surface area contributed by atoms with Gasteiger partial charge in [0.1, 0.15) is 17.0 Å². The summed E-state index contributed by atoms with van der Waals surface area (Å²) in [6.45, 7) is 4.50. The Morgan fingerprint density at radius 1 is 1.21 bits per heavy atom. The number of aryl methyl sites for hydroxylation is 1. The molecule has 0 atom stereocenters. The fourth-order valence-electron chi connectivity index (χ4n) is 4.00. The van der Waals surface area contributed by atoms with E-state index in [0.29, 0.717) is 18.9 Å². The number of hydrogen-bond acceptors (Lipinski definition) is 5. The number of carbonyl (C=O) groups excluding carboxylic acids is 1. The molecule has 152 valence electrons. The van der Waals surface area contributed by atoms with Crippen LogP contribution in [0.3, 0.4) is 0 Å². The van der Waals surface area contributed by atoms with E-state index in [1.165, 1.54) is 10.4 Å². The molecule has 1 amide bonds. The first kappa shape index (κ1) is 19.8. The second kappa shape index (κ2) is 9.35. The molecule has 1 aliphatic heterocycles. The Hall–Kier alpha value is -2.47. The van der Waals surface area contributed by atoms with Crippen LogP contribution in [-0.2, 0) is 17.6 Å². The standard InChI is InChI=1S/C23H28N4OS/c1-2-19-15-20-22(25-16-26-23(20)29-19)24-11-8-21(28)27-12-9-18(10-13-27)14-17-6-4-3-5-7-17/h3-7,15-16,18H,2,8-14H2,1H3,(H,24,25,26). The van der Waals surface area contributed by atoms with Gasteiger partial charge in [0, 0.05) is 30.9 Å². The summed E-state index contributed by atoms with van der Waals surface area (Å²) in [4.78, 5) is 25.7. The van der Waals surface area contributed by atoms with Crippen LogP contribution >= 0.6 is 11.3 Å². The van der Waals surface area contributed by atoms with Crippen LogP contribution in [0.2, 0.25) is 0 Å². The number of hydrogen-bond donors (Lipinski definition) is 1. The molecule has 0 radical (unpaired) electrons. The summed E-state index contributed by atoms with van der Waals surface area (Å²) >= 11 is 1.71. The summed E-state index contributed by atoms with van der Waals surface area (Å²) in [5.41, 5.74) is 1.40. The van der Waals surface area contributed by atoms with Crippen molar-refractivity contribution in [2.75, 3.05) is 25.0 Å². The molecule has 0 saturated carbocycles. The Balaban J connectivity index is 1.24. The molecule has 2 aromatic heterocycles. The monoisotopic (exact) mass is 408 g/mol. The number of aromatic nitrogens is 2. The lowest BCUT2D eigenvalue weighted by Gasteiger charge is -2.32. The van der Waals surface area contributed by atoms with Gasteiger partial charge in [-0.1, -0.05) is 37.3 Å². The Morgan fingerprint density at radius 2 is 2.00 bits per heavy atom. The van der Waals surface area contributed by atoms with Crippen LogP contribution in [0.15, 0.2) is 42.7 Å². The highest BCUT2D eigenvalue weighted by Crippen LogP contribution is 2.28. The van der Waals surface area contributed by atoms with Crippen LogP contribution in [0.25, 0.3) is 10.2 Å². The number of rotatable bonds is 7. The van der Waals surface area contributed by atoms with Crippen molar-refractivity contribution in [3.63, 3.8) is 0 Å². The third kappa shape index (κ3) is 4.93. The molecule has 29 heavy (non-hydrogen) atoms. The van der Waals surface area contributed by atoms with Crippen LogP contribution in [0.5, 0.6) is 0 Å². The molecule has 6 heteroatoms. The fraction of sp³-hybridized carbons (Fsp3) is 0.435. The molecule has 3 heterocycles. The first-order valence-electron chi connectivity index (χ1n) is 10.5. The third-order valence-corrected chi connectivity index (χ3v) is 6.88. The molecule has 0 spiro atoms. The Bertz CT molecular complexity index is 948. The minimum atomic E-state index is 0.237. The quantitative estimate of drug-likeness (QED) is 0.624. The highest BCUT2D eigenvalue weighted by molar-refractivity contribution is 7.18. The number of carbonyl (C=O) groups is 1. The number of amides is 1. The van der Waals surface area contributed by atoms with Crippen molar-refractivity contribution in [2.45, 2.75) is 39.0 Å². The molecule has 0 bridgehead atoms. The molecule has 1 aliphatic rings. The molecule has 1 N–H and O–H groups in total. The van der Waals surface area contributed by atoms with E-state index in [1.54, 1.807) is 17.7 Å². The Kier molecular flexibility index (Phi) is 6.39. The summed E-state index contributed by atoms with van der Waals surface area (Å²) in [6, 6.07) is 12.8.